The van der Waals surface area contributed by atoms with E-state index in [9.17, 15) is 4.79 Å². The summed E-state index contributed by atoms with van der Waals surface area (Å²) in [7, 11) is 0. The van der Waals surface area contributed by atoms with Gasteiger partial charge in [0.2, 0.25) is 0 Å². The summed E-state index contributed by atoms with van der Waals surface area (Å²) in [6.45, 7) is 12.3. The van der Waals surface area contributed by atoms with Crippen LogP contribution in [0.25, 0.3) is 11.4 Å². The van der Waals surface area contributed by atoms with E-state index in [0.717, 1.165) is 49.6 Å². The molecule has 0 radical (unpaired) electrons. The Morgan fingerprint density at radius 1 is 1.22 bits per heavy atom. The van der Waals surface area contributed by atoms with Crippen molar-refractivity contribution >= 4 is 11.6 Å². The number of Topliss-reactive ketones (excluding diaryl/α,β-unsaturated/α-hetero) is 1. The second kappa shape index (κ2) is 9.62. The first-order valence-corrected chi connectivity index (χ1v) is 9.90. The van der Waals surface area contributed by atoms with Crippen LogP contribution < -0.4 is 4.90 Å². The Balaban J connectivity index is 1.95. The molecule has 0 bridgehead atoms. The number of nitrogens with one attached hydrogen (secondary N) is 1. The number of nitrogens with zero attached hydrogens (tertiary/aromatic N) is 4. The van der Waals surface area contributed by atoms with Crippen LogP contribution in [0.4, 0.5) is 5.82 Å². The molecule has 148 valence electrons. The maximum absolute atomic E-state index is 12.2. The van der Waals surface area contributed by atoms with Gasteiger partial charge in [-0.2, -0.15) is 5.10 Å². The Morgan fingerprint density at radius 2 is 2.00 bits per heavy atom. The van der Waals surface area contributed by atoms with E-state index in [1.54, 1.807) is 6.20 Å². The van der Waals surface area contributed by atoms with Crippen molar-refractivity contribution in [2.45, 2.75) is 66.7 Å². The van der Waals surface area contributed by atoms with E-state index in [1.807, 2.05) is 19.1 Å². The largest absolute Gasteiger partial charge is 0.357 e. The van der Waals surface area contributed by atoms with Gasteiger partial charge < -0.3 is 4.90 Å². The summed E-state index contributed by atoms with van der Waals surface area (Å²) >= 11 is 0. The molecular formula is C21H33N5O. The van der Waals surface area contributed by atoms with E-state index in [2.05, 4.69) is 52.8 Å². The molecule has 2 aromatic heterocycles. The van der Waals surface area contributed by atoms with Crippen molar-refractivity contribution in [2.24, 2.45) is 5.41 Å². The number of H-pyrrole nitrogens is 1. The SMILES string of the molecule is CCCN(CCCC(=O)CCC(C)(C)C)c1cc(-c2n[nH]c(C)n2)ccn1. The molecule has 0 saturated carbocycles. The predicted octanol–water partition coefficient (Wildman–Crippen LogP) is 4.57. The Labute approximate surface area is 162 Å². The summed E-state index contributed by atoms with van der Waals surface area (Å²) in [5.74, 6) is 2.76. The molecule has 0 aliphatic carbocycles. The fourth-order valence-corrected chi connectivity index (χ4v) is 2.92. The zero-order valence-corrected chi connectivity index (χ0v) is 17.4. The second-order valence-electron chi connectivity index (χ2n) is 8.34. The van der Waals surface area contributed by atoms with E-state index in [4.69, 9.17) is 0 Å². The summed E-state index contributed by atoms with van der Waals surface area (Å²) in [6.07, 6.45) is 5.95. The first-order chi connectivity index (χ1) is 12.8. The van der Waals surface area contributed by atoms with Crippen LogP contribution in [0.2, 0.25) is 0 Å². The Hall–Kier alpha value is -2.24. The van der Waals surface area contributed by atoms with Crippen LogP contribution in [0.15, 0.2) is 18.3 Å². The normalized spacial score (nSPS) is 11.6. The van der Waals surface area contributed by atoms with Gasteiger partial charge in [0.05, 0.1) is 0 Å². The lowest BCUT2D eigenvalue weighted by atomic mass is 9.89. The first kappa shape index (κ1) is 21.1. The number of ketones is 1. The Kier molecular flexibility index (Phi) is 7.51. The van der Waals surface area contributed by atoms with Crippen LogP contribution in [0.5, 0.6) is 0 Å². The van der Waals surface area contributed by atoms with Gasteiger partial charge >= 0.3 is 0 Å². The summed E-state index contributed by atoms with van der Waals surface area (Å²) in [4.78, 5) is 23.3. The van der Waals surface area contributed by atoms with E-state index in [1.165, 1.54) is 0 Å². The number of aromatic amines is 1. The number of aryl methyl sites for hydroxylation is 1. The first-order valence-electron chi connectivity index (χ1n) is 9.90. The van der Waals surface area contributed by atoms with Gasteiger partial charge in [-0.25, -0.2) is 9.97 Å². The van der Waals surface area contributed by atoms with Crippen LogP contribution in [0.3, 0.4) is 0 Å². The van der Waals surface area contributed by atoms with Gasteiger partial charge in [-0.05, 0) is 43.7 Å². The fourth-order valence-electron chi connectivity index (χ4n) is 2.92. The highest BCUT2D eigenvalue weighted by Gasteiger charge is 2.14. The number of hydrogen-bond donors (Lipinski definition) is 1. The van der Waals surface area contributed by atoms with E-state index in [0.29, 0.717) is 24.4 Å². The molecule has 2 rings (SSSR count). The van der Waals surface area contributed by atoms with Crippen molar-refractivity contribution in [2.75, 3.05) is 18.0 Å². The molecule has 2 aromatic rings. The highest BCUT2D eigenvalue weighted by atomic mass is 16.1. The number of aromatic nitrogens is 4. The Bertz CT molecular complexity index is 732. The number of anilines is 1. The van der Waals surface area contributed by atoms with Gasteiger partial charge in [0.1, 0.15) is 17.4 Å². The third-order valence-corrected chi connectivity index (χ3v) is 4.46. The van der Waals surface area contributed by atoms with Crippen molar-refractivity contribution in [3.63, 3.8) is 0 Å². The summed E-state index contributed by atoms with van der Waals surface area (Å²) < 4.78 is 0. The fraction of sp³-hybridized carbons (Fsp3) is 0.619. The van der Waals surface area contributed by atoms with Gasteiger partial charge in [-0.15, -0.1) is 0 Å². The predicted molar refractivity (Wildman–Crippen MR) is 110 cm³/mol. The van der Waals surface area contributed by atoms with Gasteiger partial charge in [0.15, 0.2) is 5.82 Å². The molecule has 0 amide bonds. The second-order valence-corrected chi connectivity index (χ2v) is 8.34. The van der Waals surface area contributed by atoms with Crippen molar-refractivity contribution in [1.82, 2.24) is 20.2 Å². The maximum Gasteiger partial charge on any atom is 0.181 e. The molecule has 0 fully saturated rings. The monoisotopic (exact) mass is 371 g/mol. The molecule has 27 heavy (non-hydrogen) atoms. The maximum atomic E-state index is 12.2. The minimum atomic E-state index is 0.215. The molecule has 0 aromatic carbocycles. The number of pyridine rings is 1. The molecule has 1 N–H and O–H groups in total. The van der Waals surface area contributed by atoms with Gasteiger partial charge in [-0.3, -0.25) is 9.89 Å². The summed E-state index contributed by atoms with van der Waals surface area (Å²) in [6, 6.07) is 3.95. The topological polar surface area (TPSA) is 74.8 Å². The van der Waals surface area contributed by atoms with Gasteiger partial charge in [-0.1, -0.05) is 27.7 Å². The number of carbonyl (C=O) groups is 1. The minimum absolute atomic E-state index is 0.215. The zero-order chi connectivity index (χ0) is 19.9. The van der Waals surface area contributed by atoms with Crippen molar-refractivity contribution in [1.29, 1.82) is 0 Å². The number of carbonyl (C=O) groups excluding carboxylic acids is 1. The van der Waals surface area contributed by atoms with E-state index in [-0.39, 0.29) is 5.41 Å². The lowest BCUT2D eigenvalue weighted by Crippen LogP contribution is -2.26. The van der Waals surface area contributed by atoms with Crippen LogP contribution in [-0.2, 0) is 4.79 Å². The van der Waals surface area contributed by atoms with E-state index < -0.39 is 0 Å². The molecule has 0 aliphatic heterocycles. The molecule has 0 saturated heterocycles. The molecule has 0 spiro atoms. The van der Waals surface area contributed by atoms with Crippen LogP contribution in [0, 0.1) is 12.3 Å². The van der Waals surface area contributed by atoms with Gasteiger partial charge in [0, 0.05) is 37.7 Å². The smallest absolute Gasteiger partial charge is 0.181 e. The van der Waals surface area contributed by atoms with Crippen LogP contribution in [-0.4, -0.2) is 39.0 Å². The van der Waals surface area contributed by atoms with E-state index >= 15 is 0 Å². The molecule has 2 heterocycles. The van der Waals surface area contributed by atoms with Crippen molar-refractivity contribution in [3.8, 4) is 11.4 Å². The zero-order valence-electron chi connectivity index (χ0n) is 17.4. The van der Waals surface area contributed by atoms with Crippen molar-refractivity contribution < 1.29 is 4.79 Å². The molecular weight excluding hydrogens is 338 g/mol. The molecule has 6 nitrogen and oxygen atoms in total. The van der Waals surface area contributed by atoms with Gasteiger partial charge in [0.25, 0.3) is 0 Å². The summed E-state index contributed by atoms with van der Waals surface area (Å²) in [5.41, 5.74) is 1.17. The summed E-state index contributed by atoms with van der Waals surface area (Å²) in [5, 5.41) is 7.11. The third kappa shape index (κ3) is 7.12. The highest BCUT2D eigenvalue weighted by molar-refractivity contribution is 5.78. The minimum Gasteiger partial charge on any atom is -0.357 e. The molecule has 0 aliphatic rings. The highest BCUT2D eigenvalue weighted by Crippen LogP contribution is 2.22. The molecule has 0 atom stereocenters. The molecule has 6 heteroatoms. The van der Waals surface area contributed by atoms with Crippen molar-refractivity contribution in [3.05, 3.63) is 24.2 Å². The third-order valence-electron chi connectivity index (χ3n) is 4.46. The standard InChI is InChI=1S/C21H33N5O/c1-6-13-26(14-7-8-18(27)9-11-21(3,4)5)19-15-17(10-12-22-19)20-23-16(2)24-25-20/h10,12,15H,6-9,11,13-14H2,1-5H3,(H,23,24,25). The Morgan fingerprint density at radius 3 is 2.63 bits per heavy atom. The van der Waals surface area contributed by atoms with Crippen LogP contribution in [0.1, 0.15) is 65.6 Å². The number of hydrogen-bond acceptors (Lipinski definition) is 5. The lowest BCUT2D eigenvalue weighted by Gasteiger charge is -2.23. The van der Waals surface area contributed by atoms with Crippen LogP contribution >= 0.6 is 0 Å². The molecule has 0 unspecified atom stereocenters. The lowest BCUT2D eigenvalue weighted by molar-refractivity contribution is -0.119. The number of rotatable bonds is 10. The average molecular weight is 372 g/mol. The quantitative estimate of drug-likeness (QED) is 0.662. The average Bonchev–Trinajstić information content (AvgIpc) is 3.05.